The molecule has 0 radical (unpaired) electrons. The SMILES string of the molecule is C=C(c1ccccc1)C1CCCCC(=C2CC2)C1. The van der Waals surface area contributed by atoms with E-state index in [2.05, 4.69) is 36.9 Å². The van der Waals surface area contributed by atoms with Crippen molar-refractivity contribution in [2.45, 2.75) is 44.9 Å². The second kappa shape index (κ2) is 5.14. The fourth-order valence-electron chi connectivity index (χ4n) is 3.15. The Bertz CT molecular complexity index is 458. The van der Waals surface area contributed by atoms with Crippen LogP contribution in [0.5, 0.6) is 0 Å². The number of benzene rings is 1. The van der Waals surface area contributed by atoms with Gasteiger partial charge in [-0.25, -0.2) is 0 Å². The van der Waals surface area contributed by atoms with Crippen LogP contribution in [0, 0.1) is 5.92 Å². The molecule has 0 spiro atoms. The van der Waals surface area contributed by atoms with Gasteiger partial charge in [0.25, 0.3) is 0 Å². The highest BCUT2D eigenvalue weighted by atomic mass is 14.3. The van der Waals surface area contributed by atoms with Gasteiger partial charge in [0.15, 0.2) is 0 Å². The summed E-state index contributed by atoms with van der Waals surface area (Å²) in [6, 6.07) is 10.7. The topological polar surface area (TPSA) is 0 Å². The third-order valence-electron chi connectivity index (χ3n) is 4.41. The summed E-state index contributed by atoms with van der Waals surface area (Å²) < 4.78 is 0. The van der Waals surface area contributed by atoms with Crippen molar-refractivity contribution in [2.24, 2.45) is 5.92 Å². The Balaban J connectivity index is 1.78. The molecule has 0 aromatic heterocycles. The van der Waals surface area contributed by atoms with E-state index in [0.717, 1.165) is 0 Å². The maximum Gasteiger partial charge on any atom is -0.0125 e. The maximum absolute atomic E-state index is 4.38. The Hall–Kier alpha value is -1.30. The predicted molar refractivity (Wildman–Crippen MR) is 78.3 cm³/mol. The van der Waals surface area contributed by atoms with Gasteiger partial charge in [0.2, 0.25) is 0 Å². The summed E-state index contributed by atoms with van der Waals surface area (Å²) in [6.45, 7) is 4.38. The van der Waals surface area contributed by atoms with Gasteiger partial charge in [-0.15, -0.1) is 0 Å². The Kier molecular flexibility index (Phi) is 3.36. The Morgan fingerprint density at radius 2 is 1.72 bits per heavy atom. The van der Waals surface area contributed by atoms with Crippen LogP contribution in [0.1, 0.15) is 50.5 Å². The van der Waals surface area contributed by atoms with Crippen LogP contribution in [0.2, 0.25) is 0 Å². The molecule has 2 aliphatic carbocycles. The molecule has 0 aliphatic heterocycles. The van der Waals surface area contributed by atoms with E-state index < -0.39 is 0 Å². The van der Waals surface area contributed by atoms with Crippen molar-refractivity contribution in [3.05, 3.63) is 53.6 Å². The Morgan fingerprint density at radius 3 is 2.44 bits per heavy atom. The van der Waals surface area contributed by atoms with E-state index in [1.54, 1.807) is 11.1 Å². The molecule has 0 heterocycles. The molecule has 2 fully saturated rings. The van der Waals surface area contributed by atoms with Gasteiger partial charge >= 0.3 is 0 Å². The van der Waals surface area contributed by atoms with E-state index in [-0.39, 0.29) is 0 Å². The standard InChI is InChI=1S/C18H22/c1-14(15-7-3-2-4-8-15)17-9-5-6-10-18(13-17)16-11-12-16/h2-4,7-8,17H,1,5-6,9-13H2. The molecule has 0 nitrogen and oxygen atoms in total. The molecule has 1 atom stereocenters. The van der Waals surface area contributed by atoms with Crippen LogP contribution >= 0.6 is 0 Å². The normalized spacial score (nSPS) is 23.7. The van der Waals surface area contributed by atoms with Crippen LogP contribution in [0.4, 0.5) is 0 Å². The van der Waals surface area contributed by atoms with Crippen LogP contribution in [-0.2, 0) is 0 Å². The number of hydrogen-bond donors (Lipinski definition) is 0. The summed E-state index contributed by atoms with van der Waals surface area (Å²) in [4.78, 5) is 0. The minimum atomic E-state index is 0.679. The first kappa shape index (κ1) is 11.8. The molecule has 2 aliphatic rings. The van der Waals surface area contributed by atoms with Crippen LogP contribution in [0.3, 0.4) is 0 Å². The molecule has 0 N–H and O–H groups in total. The molecule has 0 saturated heterocycles. The van der Waals surface area contributed by atoms with Gasteiger partial charge < -0.3 is 0 Å². The van der Waals surface area contributed by atoms with E-state index in [1.807, 2.05) is 0 Å². The van der Waals surface area contributed by atoms with Gasteiger partial charge in [0.1, 0.15) is 0 Å². The van der Waals surface area contributed by atoms with Crippen LogP contribution in [0.25, 0.3) is 5.57 Å². The fourth-order valence-corrected chi connectivity index (χ4v) is 3.15. The van der Waals surface area contributed by atoms with Crippen molar-refractivity contribution in [3.63, 3.8) is 0 Å². The molecular formula is C18H22. The molecule has 3 rings (SSSR count). The highest BCUT2D eigenvalue weighted by molar-refractivity contribution is 5.65. The number of hydrogen-bond acceptors (Lipinski definition) is 0. The van der Waals surface area contributed by atoms with E-state index in [1.165, 1.54) is 56.1 Å². The number of rotatable bonds is 2. The second-order valence-electron chi connectivity index (χ2n) is 5.75. The average molecular weight is 238 g/mol. The van der Waals surface area contributed by atoms with Crippen LogP contribution in [-0.4, -0.2) is 0 Å². The lowest BCUT2D eigenvalue weighted by atomic mass is 9.86. The second-order valence-corrected chi connectivity index (χ2v) is 5.75. The first-order valence-corrected chi connectivity index (χ1v) is 7.28. The van der Waals surface area contributed by atoms with Gasteiger partial charge in [-0.05, 0) is 55.6 Å². The highest BCUT2D eigenvalue weighted by Gasteiger charge is 2.24. The molecule has 1 aromatic rings. The highest BCUT2D eigenvalue weighted by Crippen LogP contribution is 2.42. The van der Waals surface area contributed by atoms with E-state index in [0.29, 0.717) is 5.92 Å². The summed E-state index contributed by atoms with van der Waals surface area (Å²) in [7, 11) is 0. The quantitative estimate of drug-likeness (QED) is 0.480. The Morgan fingerprint density at radius 1 is 0.944 bits per heavy atom. The summed E-state index contributed by atoms with van der Waals surface area (Å²) >= 11 is 0. The predicted octanol–water partition coefficient (Wildman–Crippen LogP) is 5.37. The maximum atomic E-state index is 4.38. The van der Waals surface area contributed by atoms with Crippen molar-refractivity contribution in [1.29, 1.82) is 0 Å². The lowest BCUT2D eigenvalue weighted by molar-refractivity contribution is 0.600. The summed E-state index contributed by atoms with van der Waals surface area (Å²) in [5, 5.41) is 0. The van der Waals surface area contributed by atoms with Gasteiger partial charge in [0.05, 0.1) is 0 Å². The largest absolute Gasteiger partial charge is 0.0949 e. The smallest absolute Gasteiger partial charge is 0.0125 e. The monoisotopic (exact) mass is 238 g/mol. The minimum absolute atomic E-state index is 0.679. The summed E-state index contributed by atoms with van der Waals surface area (Å²) in [5.74, 6) is 0.679. The zero-order valence-electron chi connectivity index (χ0n) is 11.1. The molecule has 0 heteroatoms. The van der Waals surface area contributed by atoms with Crippen LogP contribution < -0.4 is 0 Å². The van der Waals surface area contributed by atoms with Gasteiger partial charge in [-0.3, -0.25) is 0 Å². The van der Waals surface area contributed by atoms with Crippen molar-refractivity contribution in [2.75, 3.05) is 0 Å². The first-order valence-electron chi connectivity index (χ1n) is 7.28. The molecule has 0 amide bonds. The van der Waals surface area contributed by atoms with Crippen molar-refractivity contribution < 1.29 is 0 Å². The molecular weight excluding hydrogens is 216 g/mol. The van der Waals surface area contributed by atoms with E-state index in [9.17, 15) is 0 Å². The van der Waals surface area contributed by atoms with Gasteiger partial charge in [0, 0.05) is 0 Å². The third kappa shape index (κ3) is 2.58. The third-order valence-corrected chi connectivity index (χ3v) is 4.41. The zero-order valence-corrected chi connectivity index (χ0v) is 11.1. The Labute approximate surface area is 110 Å². The molecule has 0 bridgehead atoms. The fraction of sp³-hybridized carbons (Fsp3) is 0.444. The summed E-state index contributed by atoms with van der Waals surface area (Å²) in [5.41, 5.74) is 6.23. The van der Waals surface area contributed by atoms with Crippen molar-refractivity contribution >= 4 is 5.57 Å². The van der Waals surface area contributed by atoms with Gasteiger partial charge in [-0.2, -0.15) is 0 Å². The van der Waals surface area contributed by atoms with Crippen molar-refractivity contribution in [3.8, 4) is 0 Å². The lowest BCUT2D eigenvalue weighted by Gasteiger charge is -2.18. The van der Waals surface area contributed by atoms with Gasteiger partial charge in [-0.1, -0.05) is 54.5 Å². The van der Waals surface area contributed by atoms with E-state index >= 15 is 0 Å². The van der Waals surface area contributed by atoms with Crippen LogP contribution in [0.15, 0.2) is 48.1 Å². The summed E-state index contributed by atoms with van der Waals surface area (Å²) in [6.07, 6.45) is 9.46. The molecule has 94 valence electrons. The molecule has 2 saturated carbocycles. The van der Waals surface area contributed by atoms with E-state index in [4.69, 9.17) is 0 Å². The lowest BCUT2D eigenvalue weighted by Crippen LogP contribution is -2.02. The zero-order chi connectivity index (χ0) is 12.4. The molecule has 1 unspecified atom stereocenters. The average Bonchev–Trinajstić information content (AvgIpc) is 3.24. The minimum Gasteiger partial charge on any atom is -0.0949 e. The molecule has 1 aromatic carbocycles. The number of allylic oxidation sites excluding steroid dienone is 3. The van der Waals surface area contributed by atoms with Crippen molar-refractivity contribution in [1.82, 2.24) is 0 Å². The molecule has 18 heavy (non-hydrogen) atoms. The first-order chi connectivity index (χ1) is 8.84.